The average molecular weight is 463 g/mol. The number of carboxylic acids is 3. The van der Waals surface area contributed by atoms with Gasteiger partial charge in [-0.05, 0) is 6.42 Å². The van der Waals surface area contributed by atoms with Gasteiger partial charge in [0.1, 0.15) is 0 Å². The van der Waals surface area contributed by atoms with Crippen molar-refractivity contribution in [3.63, 3.8) is 0 Å². The minimum atomic E-state index is -1.57. The molecule has 186 valence electrons. The maximum absolute atomic E-state index is 11.3. The molecule has 0 aromatic carbocycles. The number of carbonyl (C=O) groups is 3. The highest BCUT2D eigenvalue weighted by Gasteiger charge is 2.27. The van der Waals surface area contributed by atoms with Gasteiger partial charge in [0.15, 0.2) is 6.29 Å². The summed E-state index contributed by atoms with van der Waals surface area (Å²) in [5, 5.41) is 47.6. The topological polar surface area (TPSA) is 165 Å². The van der Waals surface area contributed by atoms with Gasteiger partial charge in [-0.25, -0.2) is 0 Å². The average Bonchev–Trinajstić information content (AvgIpc) is 2.68. The van der Waals surface area contributed by atoms with E-state index >= 15 is 0 Å². The van der Waals surface area contributed by atoms with Crippen molar-refractivity contribution in [2.24, 2.45) is 0 Å². The first kappa shape index (κ1) is 28.2. The summed E-state index contributed by atoms with van der Waals surface area (Å²) in [6.07, 6.45) is 0.660. The Morgan fingerprint density at radius 2 is 1.03 bits per heavy atom. The van der Waals surface area contributed by atoms with E-state index in [0.29, 0.717) is 58.8 Å². The van der Waals surface area contributed by atoms with Crippen LogP contribution in [0.1, 0.15) is 26.2 Å². The van der Waals surface area contributed by atoms with Crippen LogP contribution in [0.5, 0.6) is 0 Å². The largest absolute Gasteiger partial charge is 0.480 e. The van der Waals surface area contributed by atoms with Gasteiger partial charge in [-0.15, -0.1) is 0 Å². The maximum atomic E-state index is 11.3. The maximum Gasteiger partial charge on any atom is 0.317 e. The molecule has 1 aliphatic heterocycles. The Balaban J connectivity index is 3.06. The lowest BCUT2D eigenvalue weighted by molar-refractivity contribution is -0.141. The molecule has 1 rings (SSSR count). The molecule has 1 fully saturated rings. The van der Waals surface area contributed by atoms with E-state index in [2.05, 4.69) is 0 Å². The van der Waals surface area contributed by atoms with Crippen LogP contribution in [0, 0.1) is 0 Å². The number of aliphatic hydroxyl groups is 2. The quantitative estimate of drug-likeness (QED) is 0.222. The van der Waals surface area contributed by atoms with E-state index in [-0.39, 0.29) is 19.6 Å². The normalized spacial score (nSPS) is 19.9. The lowest BCUT2D eigenvalue weighted by Gasteiger charge is -2.37. The van der Waals surface area contributed by atoms with Gasteiger partial charge >= 0.3 is 17.9 Å². The van der Waals surface area contributed by atoms with E-state index < -0.39 is 30.2 Å². The summed E-state index contributed by atoms with van der Waals surface area (Å²) < 4.78 is 0. The molecule has 0 radical (unpaired) electrons. The smallest absolute Gasteiger partial charge is 0.317 e. The molecule has 12 nitrogen and oxygen atoms in total. The van der Waals surface area contributed by atoms with Crippen molar-refractivity contribution in [1.29, 1.82) is 0 Å². The van der Waals surface area contributed by atoms with E-state index in [4.69, 9.17) is 0 Å². The highest BCUT2D eigenvalue weighted by Crippen LogP contribution is 2.13. The highest BCUT2D eigenvalue weighted by atomic mass is 16.5. The zero-order valence-corrected chi connectivity index (χ0v) is 18.8. The van der Waals surface area contributed by atoms with Crippen molar-refractivity contribution < 1.29 is 39.9 Å². The minimum Gasteiger partial charge on any atom is -0.480 e. The van der Waals surface area contributed by atoms with E-state index in [1.807, 2.05) is 11.8 Å². The molecule has 1 heterocycles. The monoisotopic (exact) mass is 462 g/mol. The predicted molar refractivity (Wildman–Crippen MR) is 115 cm³/mol. The van der Waals surface area contributed by atoms with E-state index in [0.717, 1.165) is 12.8 Å². The molecule has 0 aromatic rings. The number of rotatable bonds is 11. The summed E-state index contributed by atoms with van der Waals surface area (Å²) in [4.78, 5) is 40.8. The number of aliphatic carboxylic acids is 3. The van der Waals surface area contributed by atoms with Gasteiger partial charge in [0.25, 0.3) is 0 Å². The molecule has 1 unspecified atom stereocenters. The number of nitrogens with zero attached hydrogens (tertiary/aromatic N) is 4. The molecule has 0 saturated carbocycles. The van der Waals surface area contributed by atoms with Gasteiger partial charge in [-0.2, -0.15) is 0 Å². The SMILES string of the molecule is CCCCC(C(O)O)N1CCN(CC(=O)O)CCN(CC(=O)O)CCN(CC(=O)O)CC1. The molecule has 0 aromatic heterocycles. The van der Waals surface area contributed by atoms with Crippen LogP contribution >= 0.6 is 0 Å². The van der Waals surface area contributed by atoms with Crippen molar-refractivity contribution in [3.05, 3.63) is 0 Å². The van der Waals surface area contributed by atoms with E-state index in [9.17, 15) is 39.9 Å². The van der Waals surface area contributed by atoms with Gasteiger partial charge in [0.05, 0.1) is 25.7 Å². The van der Waals surface area contributed by atoms with Gasteiger partial charge in [0, 0.05) is 52.4 Å². The molecule has 32 heavy (non-hydrogen) atoms. The van der Waals surface area contributed by atoms with Crippen molar-refractivity contribution >= 4 is 17.9 Å². The van der Waals surface area contributed by atoms with Crippen molar-refractivity contribution in [2.45, 2.75) is 38.5 Å². The Hall–Kier alpha value is -1.83. The second kappa shape index (κ2) is 15.1. The van der Waals surface area contributed by atoms with E-state index in [1.165, 1.54) is 0 Å². The summed E-state index contributed by atoms with van der Waals surface area (Å²) in [7, 11) is 0. The van der Waals surface area contributed by atoms with Crippen LogP contribution in [0.15, 0.2) is 0 Å². The number of carboxylic acid groups (broad SMARTS) is 3. The fourth-order valence-electron chi connectivity index (χ4n) is 3.87. The Labute approximate surface area is 188 Å². The van der Waals surface area contributed by atoms with Crippen molar-refractivity contribution in [3.8, 4) is 0 Å². The van der Waals surface area contributed by atoms with Crippen LogP contribution in [0.2, 0.25) is 0 Å². The zero-order valence-electron chi connectivity index (χ0n) is 18.8. The number of hydrogen-bond donors (Lipinski definition) is 5. The number of unbranched alkanes of at least 4 members (excludes halogenated alkanes) is 1. The third kappa shape index (κ3) is 11.7. The van der Waals surface area contributed by atoms with Crippen LogP contribution in [-0.4, -0.2) is 147 Å². The first-order valence-corrected chi connectivity index (χ1v) is 11.0. The summed E-state index contributed by atoms with van der Waals surface area (Å²) in [5.74, 6) is -3.00. The van der Waals surface area contributed by atoms with E-state index in [1.54, 1.807) is 14.7 Å². The second-order valence-electron chi connectivity index (χ2n) is 8.17. The zero-order chi connectivity index (χ0) is 24.1. The molecule has 5 N–H and O–H groups in total. The number of hydrogen-bond acceptors (Lipinski definition) is 9. The Morgan fingerprint density at radius 1 is 0.688 bits per heavy atom. The minimum absolute atomic E-state index is 0.207. The van der Waals surface area contributed by atoms with Crippen LogP contribution < -0.4 is 0 Å². The Morgan fingerprint density at radius 3 is 1.31 bits per heavy atom. The fourth-order valence-corrected chi connectivity index (χ4v) is 3.87. The molecular formula is C20H38N4O8. The first-order valence-electron chi connectivity index (χ1n) is 11.0. The Kier molecular flexibility index (Phi) is 13.3. The summed E-state index contributed by atoms with van der Waals surface area (Å²) >= 11 is 0. The Bertz CT molecular complexity index is 560. The highest BCUT2D eigenvalue weighted by molar-refractivity contribution is 5.69. The molecule has 1 atom stereocenters. The summed E-state index contributed by atoms with van der Waals surface area (Å²) in [5.41, 5.74) is 0. The molecule has 1 aliphatic rings. The third-order valence-corrected chi connectivity index (χ3v) is 5.62. The fraction of sp³-hybridized carbons (Fsp3) is 0.850. The molecular weight excluding hydrogens is 424 g/mol. The molecule has 0 amide bonds. The lowest BCUT2D eigenvalue weighted by Crippen LogP contribution is -2.52. The van der Waals surface area contributed by atoms with Crippen molar-refractivity contribution in [1.82, 2.24) is 19.6 Å². The molecule has 0 bridgehead atoms. The van der Waals surface area contributed by atoms with Gasteiger partial charge in [-0.1, -0.05) is 19.8 Å². The molecule has 12 heteroatoms. The van der Waals surface area contributed by atoms with Gasteiger partial charge in [0.2, 0.25) is 0 Å². The van der Waals surface area contributed by atoms with Crippen LogP contribution in [0.4, 0.5) is 0 Å². The van der Waals surface area contributed by atoms with Crippen LogP contribution in [0.3, 0.4) is 0 Å². The lowest BCUT2D eigenvalue weighted by atomic mass is 10.1. The molecule has 1 saturated heterocycles. The second-order valence-corrected chi connectivity index (χ2v) is 8.17. The number of aliphatic hydroxyl groups excluding tert-OH is 1. The summed E-state index contributed by atoms with van der Waals surface area (Å²) in [6, 6.07) is -0.542. The van der Waals surface area contributed by atoms with Gasteiger partial charge < -0.3 is 25.5 Å². The van der Waals surface area contributed by atoms with Crippen LogP contribution in [-0.2, 0) is 14.4 Å². The van der Waals surface area contributed by atoms with Gasteiger partial charge in [-0.3, -0.25) is 34.0 Å². The summed E-state index contributed by atoms with van der Waals surface area (Å²) in [6.45, 7) is 4.11. The van der Waals surface area contributed by atoms with Crippen LogP contribution in [0.25, 0.3) is 0 Å². The standard InChI is InChI=1S/C20H38N4O8/c1-2-3-4-16(20(31)32)24-11-9-22(14-18(27)28)7-5-21(13-17(25)26)6-8-23(10-12-24)15-19(29)30/h16,20,31-32H,2-15H2,1H3,(H,25,26)(H,27,28)(H,29,30). The molecule has 0 aliphatic carbocycles. The molecule has 0 spiro atoms. The van der Waals surface area contributed by atoms with Crippen molar-refractivity contribution in [2.75, 3.05) is 72.0 Å². The third-order valence-electron chi connectivity index (χ3n) is 5.62. The predicted octanol–water partition coefficient (Wildman–Crippen LogP) is -1.67. The first-order chi connectivity index (χ1) is 15.1.